The lowest BCUT2D eigenvalue weighted by atomic mass is 9.81. The topological polar surface area (TPSA) is 23.6 Å². The molecule has 3 nitrogen and oxygen atoms in total. The highest BCUT2D eigenvalue weighted by atomic mass is 35.5. The van der Waals surface area contributed by atoms with Gasteiger partial charge in [0.25, 0.3) is 5.24 Å². The van der Waals surface area contributed by atoms with E-state index in [1.54, 1.807) is 0 Å². The highest BCUT2D eigenvalue weighted by Gasteiger charge is 2.27. The molecule has 0 N–H and O–H groups in total. The maximum absolute atomic E-state index is 12.6. The Bertz CT molecular complexity index is 768. The Labute approximate surface area is 178 Å². The standard InChI is InChI=1S/C23H29ClN2OS/c1-25(2)16-17-4-6-18(7-5-17)19-8-12-21(13-9-19)26(3)23(27)28-22-14-10-20(24)11-15-22/h4-7,10-11,14-15,19,21H,8-9,12-13,16H2,1-3H3/t19-,21-. The van der Waals surface area contributed by atoms with E-state index in [0.29, 0.717) is 17.0 Å². The second kappa shape index (κ2) is 9.82. The van der Waals surface area contributed by atoms with Gasteiger partial charge in [-0.2, -0.15) is 0 Å². The van der Waals surface area contributed by atoms with Gasteiger partial charge in [0, 0.05) is 29.6 Å². The predicted octanol–water partition coefficient (Wildman–Crippen LogP) is 6.27. The Morgan fingerprint density at radius 2 is 1.57 bits per heavy atom. The van der Waals surface area contributed by atoms with E-state index in [9.17, 15) is 4.79 Å². The number of benzene rings is 2. The number of carbonyl (C=O) groups is 1. The first-order valence-corrected chi connectivity index (χ1v) is 11.1. The van der Waals surface area contributed by atoms with E-state index in [0.717, 1.165) is 37.1 Å². The summed E-state index contributed by atoms with van der Waals surface area (Å²) in [5, 5.41) is 0.803. The maximum atomic E-state index is 12.6. The minimum absolute atomic E-state index is 0.110. The molecule has 0 unspecified atom stereocenters. The van der Waals surface area contributed by atoms with Crippen LogP contribution in [0.25, 0.3) is 0 Å². The molecule has 0 spiro atoms. The molecule has 1 aliphatic carbocycles. The summed E-state index contributed by atoms with van der Waals surface area (Å²) in [5.74, 6) is 0.608. The second-order valence-corrected chi connectivity index (χ2v) is 9.38. The fraction of sp³-hybridized carbons (Fsp3) is 0.435. The fourth-order valence-electron chi connectivity index (χ4n) is 3.88. The maximum Gasteiger partial charge on any atom is 0.286 e. The summed E-state index contributed by atoms with van der Waals surface area (Å²) < 4.78 is 0. The minimum atomic E-state index is 0.110. The first-order valence-electron chi connectivity index (χ1n) is 9.86. The Hall–Kier alpha value is -1.49. The zero-order valence-electron chi connectivity index (χ0n) is 16.9. The van der Waals surface area contributed by atoms with Gasteiger partial charge in [-0.1, -0.05) is 35.9 Å². The normalized spacial score (nSPS) is 19.6. The number of thioether (sulfide) groups is 1. The Kier molecular flexibility index (Phi) is 7.44. The van der Waals surface area contributed by atoms with Crippen LogP contribution in [0.15, 0.2) is 53.4 Å². The molecule has 0 aliphatic heterocycles. The minimum Gasteiger partial charge on any atom is -0.333 e. The number of carbonyl (C=O) groups excluding carboxylic acids is 1. The van der Waals surface area contributed by atoms with Gasteiger partial charge in [-0.25, -0.2) is 0 Å². The molecule has 3 rings (SSSR count). The van der Waals surface area contributed by atoms with E-state index in [1.807, 2.05) is 36.2 Å². The Morgan fingerprint density at radius 3 is 2.14 bits per heavy atom. The lowest BCUT2D eigenvalue weighted by molar-refractivity contribution is 0.191. The third-order valence-corrected chi connectivity index (χ3v) is 6.72. The molecular weight excluding hydrogens is 388 g/mol. The van der Waals surface area contributed by atoms with Crippen LogP contribution >= 0.6 is 23.4 Å². The monoisotopic (exact) mass is 416 g/mol. The van der Waals surface area contributed by atoms with E-state index in [-0.39, 0.29) is 5.24 Å². The summed E-state index contributed by atoms with van der Waals surface area (Å²) in [4.78, 5) is 17.7. The van der Waals surface area contributed by atoms with Crippen LogP contribution in [-0.2, 0) is 6.54 Å². The van der Waals surface area contributed by atoms with Crippen molar-refractivity contribution < 1.29 is 4.79 Å². The van der Waals surface area contributed by atoms with Crippen molar-refractivity contribution in [2.24, 2.45) is 0 Å². The largest absolute Gasteiger partial charge is 0.333 e. The molecule has 1 saturated carbocycles. The molecule has 28 heavy (non-hydrogen) atoms. The van der Waals surface area contributed by atoms with Crippen molar-refractivity contribution in [2.75, 3.05) is 21.1 Å². The van der Waals surface area contributed by atoms with E-state index >= 15 is 0 Å². The zero-order valence-corrected chi connectivity index (χ0v) is 18.5. The molecule has 5 heteroatoms. The quantitative estimate of drug-likeness (QED) is 0.536. The molecule has 0 bridgehead atoms. The Morgan fingerprint density at radius 1 is 0.964 bits per heavy atom. The van der Waals surface area contributed by atoms with Crippen LogP contribution in [0, 0.1) is 0 Å². The number of nitrogens with zero attached hydrogens (tertiary/aromatic N) is 2. The van der Waals surface area contributed by atoms with Gasteiger partial charge in [0.1, 0.15) is 0 Å². The molecule has 0 aromatic heterocycles. The van der Waals surface area contributed by atoms with Crippen LogP contribution < -0.4 is 0 Å². The average molecular weight is 417 g/mol. The van der Waals surface area contributed by atoms with Gasteiger partial charge in [0.2, 0.25) is 0 Å². The van der Waals surface area contributed by atoms with E-state index < -0.39 is 0 Å². The first kappa shape index (κ1) is 21.2. The van der Waals surface area contributed by atoms with Crippen molar-refractivity contribution in [3.05, 3.63) is 64.7 Å². The lowest BCUT2D eigenvalue weighted by Crippen LogP contribution is -2.37. The van der Waals surface area contributed by atoms with Crippen LogP contribution in [-0.4, -0.2) is 42.2 Å². The lowest BCUT2D eigenvalue weighted by Gasteiger charge is -2.34. The van der Waals surface area contributed by atoms with Crippen molar-refractivity contribution in [2.45, 2.75) is 49.1 Å². The zero-order chi connectivity index (χ0) is 20.1. The van der Waals surface area contributed by atoms with Crippen LogP contribution in [0.3, 0.4) is 0 Å². The van der Waals surface area contributed by atoms with Gasteiger partial charge in [-0.15, -0.1) is 0 Å². The number of hydrogen-bond acceptors (Lipinski definition) is 3. The summed E-state index contributed by atoms with van der Waals surface area (Å²) in [7, 11) is 6.13. The summed E-state index contributed by atoms with van der Waals surface area (Å²) in [6, 6.07) is 16.9. The van der Waals surface area contributed by atoms with Crippen LogP contribution in [0.1, 0.15) is 42.7 Å². The van der Waals surface area contributed by atoms with Crippen molar-refractivity contribution in [1.29, 1.82) is 0 Å². The van der Waals surface area contributed by atoms with Crippen LogP contribution in [0.4, 0.5) is 4.79 Å². The smallest absolute Gasteiger partial charge is 0.286 e. The third-order valence-electron chi connectivity index (χ3n) is 5.50. The van der Waals surface area contributed by atoms with E-state index in [4.69, 9.17) is 11.6 Å². The van der Waals surface area contributed by atoms with Gasteiger partial charge in [-0.3, -0.25) is 4.79 Å². The summed E-state index contributed by atoms with van der Waals surface area (Å²) in [6.07, 6.45) is 4.41. The molecule has 1 aliphatic rings. The van der Waals surface area contributed by atoms with Gasteiger partial charge in [0.05, 0.1) is 0 Å². The molecule has 2 aromatic carbocycles. The van der Waals surface area contributed by atoms with Crippen molar-refractivity contribution in [1.82, 2.24) is 9.80 Å². The molecule has 0 saturated heterocycles. The van der Waals surface area contributed by atoms with E-state index in [2.05, 4.69) is 43.3 Å². The molecule has 2 aromatic rings. The fourth-order valence-corrected chi connectivity index (χ4v) is 4.77. The number of hydrogen-bond donors (Lipinski definition) is 0. The van der Waals surface area contributed by atoms with Crippen molar-refractivity contribution in [3.63, 3.8) is 0 Å². The molecule has 0 radical (unpaired) electrons. The predicted molar refractivity (Wildman–Crippen MR) is 119 cm³/mol. The van der Waals surface area contributed by atoms with Crippen molar-refractivity contribution >= 4 is 28.6 Å². The van der Waals surface area contributed by atoms with Crippen LogP contribution in [0.5, 0.6) is 0 Å². The third kappa shape index (κ3) is 5.76. The molecule has 0 heterocycles. The highest BCUT2D eigenvalue weighted by Crippen LogP contribution is 2.36. The molecule has 0 atom stereocenters. The summed E-state index contributed by atoms with van der Waals surface area (Å²) in [6.45, 7) is 0.977. The van der Waals surface area contributed by atoms with Gasteiger partial charge >= 0.3 is 0 Å². The number of amides is 1. The second-order valence-electron chi connectivity index (χ2n) is 7.92. The molecular formula is C23H29ClN2OS. The van der Waals surface area contributed by atoms with E-state index in [1.165, 1.54) is 22.9 Å². The van der Waals surface area contributed by atoms with Gasteiger partial charge < -0.3 is 9.80 Å². The summed E-state index contributed by atoms with van der Waals surface area (Å²) in [5.41, 5.74) is 2.79. The van der Waals surface area contributed by atoms with Crippen molar-refractivity contribution in [3.8, 4) is 0 Å². The average Bonchev–Trinajstić information content (AvgIpc) is 2.69. The van der Waals surface area contributed by atoms with Gasteiger partial charge in [0.15, 0.2) is 0 Å². The first-order chi connectivity index (χ1) is 13.4. The highest BCUT2D eigenvalue weighted by molar-refractivity contribution is 8.13. The van der Waals surface area contributed by atoms with Gasteiger partial charge in [-0.05, 0) is 92.9 Å². The number of halogens is 1. The number of rotatable bonds is 5. The van der Waals surface area contributed by atoms with Crippen LogP contribution in [0.2, 0.25) is 5.02 Å². The summed E-state index contributed by atoms with van der Waals surface area (Å²) >= 11 is 7.20. The molecule has 1 fully saturated rings. The Balaban J connectivity index is 1.51. The molecule has 1 amide bonds. The SMILES string of the molecule is CN(C)Cc1ccc([C@H]2CC[C@H](N(C)C(=O)Sc3ccc(Cl)cc3)CC2)cc1. The molecule has 150 valence electrons.